The van der Waals surface area contributed by atoms with E-state index in [0.717, 1.165) is 30.4 Å². The molecule has 0 amide bonds. The zero-order valence-electron chi connectivity index (χ0n) is 16.3. The molecular weight excluding hydrogens is 371 g/mol. The summed E-state index contributed by atoms with van der Waals surface area (Å²) >= 11 is 0. The van der Waals surface area contributed by atoms with E-state index in [9.17, 15) is 13.2 Å². The highest BCUT2D eigenvalue weighted by Crippen LogP contribution is 2.38. The summed E-state index contributed by atoms with van der Waals surface area (Å²) in [6.45, 7) is 2.22. The maximum atomic E-state index is 14.9. The zero-order valence-corrected chi connectivity index (χ0v) is 16.3. The molecule has 1 saturated carbocycles. The lowest BCUT2D eigenvalue weighted by molar-refractivity contribution is 0.318. The van der Waals surface area contributed by atoms with Gasteiger partial charge in [0.05, 0.1) is 0 Å². The SMILES string of the molecule is CCC1CCC(c2ccc(-c3ccc4c(F)c(C#N)c(F)cc4c3)c(F)c2)CC1. The summed E-state index contributed by atoms with van der Waals surface area (Å²) < 4.78 is 43.2. The number of halogens is 3. The summed E-state index contributed by atoms with van der Waals surface area (Å²) in [4.78, 5) is 0. The van der Waals surface area contributed by atoms with Gasteiger partial charge in [-0.15, -0.1) is 0 Å². The minimum Gasteiger partial charge on any atom is -0.206 e. The molecule has 0 aliphatic heterocycles. The van der Waals surface area contributed by atoms with Crippen molar-refractivity contribution in [2.24, 2.45) is 5.92 Å². The Morgan fingerprint density at radius 1 is 0.931 bits per heavy atom. The molecule has 0 N–H and O–H groups in total. The van der Waals surface area contributed by atoms with Crippen LogP contribution < -0.4 is 0 Å². The van der Waals surface area contributed by atoms with Gasteiger partial charge in [0, 0.05) is 10.9 Å². The Balaban J connectivity index is 1.66. The van der Waals surface area contributed by atoms with Crippen molar-refractivity contribution in [1.29, 1.82) is 5.26 Å². The van der Waals surface area contributed by atoms with Crippen LogP contribution >= 0.6 is 0 Å². The van der Waals surface area contributed by atoms with Crippen molar-refractivity contribution in [1.82, 2.24) is 0 Å². The van der Waals surface area contributed by atoms with Gasteiger partial charge in [-0.2, -0.15) is 5.26 Å². The minimum absolute atomic E-state index is 0.149. The van der Waals surface area contributed by atoms with Crippen molar-refractivity contribution in [3.05, 3.63) is 71.0 Å². The average molecular weight is 393 g/mol. The first kappa shape index (κ1) is 19.5. The highest BCUT2D eigenvalue weighted by molar-refractivity contribution is 5.89. The molecular formula is C25H22F3N. The van der Waals surface area contributed by atoms with Gasteiger partial charge in [-0.25, -0.2) is 13.2 Å². The van der Waals surface area contributed by atoms with Crippen LogP contribution in [-0.2, 0) is 0 Å². The Morgan fingerprint density at radius 2 is 1.69 bits per heavy atom. The molecule has 1 fully saturated rings. The molecule has 0 heterocycles. The molecule has 1 aliphatic carbocycles. The highest BCUT2D eigenvalue weighted by atomic mass is 19.1. The van der Waals surface area contributed by atoms with E-state index in [1.54, 1.807) is 30.3 Å². The molecule has 148 valence electrons. The normalized spacial score (nSPS) is 19.3. The molecule has 0 saturated heterocycles. The second-order valence-electron chi connectivity index (χ2n) is 7.96. The third-order valence-electron chi connectivity index (χ3n) is 6.34. The Hall–Kier alpha value is -2.80. The van der Waals surface area contributed by atoms with E-state index in [-0.39, 0.29) is 11.2 Å². The van der Waals surface area contributed by atoms with Crippen LogP contribution in [0.1, 0.15) is 56.1 Å². The molecule has 0 bridgehead atoms. The maximum Gasteiger partial charge on any atom is 0.151 e. The van der Waals surface area contributed by atoms with Crippen molar-refractivity contribution in [2.75, 3.05) is 0 Å². The molecule has 3 aromatic rings. The van der Waals surface area contributed by atoms with E-state index >= 15 is 0 Å². The van der Waals surface area contributed by atoms with E-state index in [1.807, 2.05) is 6.07 Å². The molecule has 0 radical (unpaired) electrons. The second kappa shape index (κ2) is 7.91. The third kappa shape index (κ3) is 3.62. The monoisotopic (exact) mass is 393 g/mol. The van der Waals surface area contributed by atoms with Crippen molar-refractivity contribution < 1.29 is 13.2 Å². The molecule has 3 aromatic carbocycles. The average Bonchev–Trinajstić information content (AvgIpc) is 2.73. The van der Waals surface area contributed by atoms with E-state index in [4.69, 9.17) is 5.26 Å². The van der Waals surface area contributed by atoms with Gasteiger partial charge in [0.2, 0.25) is 0 Å². The molecule has 29 heavy (non-hydrogen) atoms. The molecule has 4 heteroatoms. The van der Waals surface area contributed by atoms with Crippen LogP contribution in [-0.4, -0.2) is 0 Å². The maximum absolute atomic E-state index is 14.9. The Labute approximate surface area is 168 Å². The van der Waals surface area contributed by atoms with Crippen molar-refractivity contribution in [3.63, 3.8) is 0 Å². The first-order valence-electron chi connectivity index (χ1n) is 10.1. The number of benzene rings is 3. The second-order valence-corrected chi connectivity index (χ2v) is 7.96. The molecule has 0 spiro atoms. The van der Waals surface area contributed by atoms with Crippen LogP contribution in [0.4, 0.5) is 13.2 Å². The lowest BCUT2D eigenvalue weighted by Gasteiger charge is -2.28. The lowest BCUT2D eigenvalue weighted by atomic mass is 9.77. The quantitative estimate of drug-likeness (QED) is 0.452. The molecule has 0 unspecified atom stereocenters. The number of hydrogen-bond acceptors (Lipinski definition) is 1. The number of nitriles is 1. The molecule has 0 atom stereocenters. The lowest BCUT2D eigenvalue weighted by Crippen LogP contribution is -2.12. The predicted octanol–water partition coefficient (Wildman–Crippen LogP) is 7.48. The highest BCUT2D eigenvalue weighted by Gasteiger charge is 2.22. The predicted molar refractivity (Wildman–Crippen MR) is 109 cm³/mol. The Kier molecular flexibility index (Phi) is 5.32. The van der Waals surface area contributed by atoms with Crippen LogP contribution in [0.15, 0.2) is 42.5 Å². The minimum atomic E-state index is -0.909. The number of fused-ring (bicyclic) bond motifs is 1. The van der Waals surface area contributed by atoms with Crippen molar-refractivity contribution in [2.45, 2.75) is 44.9 Å². The summed E-state index contributed by atoms with van der Waals surface area (Å²) in [7, 11) is 0. The van der Waals surface area contributed by atoms with Gasteiger partial charge in [-0.3, -0.25) is 0 Å². The number of rotatable bonds is 3. The summed E-state index contributed by atoms with van der Waals surface area (Å²) in [5, 5.41) is 9.36. The topological polar surface area (TPSA) is 23.8 Å². The van der Waals surface area contributed by atoms with Crippen molar-refractivity contribution >= 4 is 10.8 Å². The van der Waals surface area contributed by atoms with Crippen molar-refractivity contribution in [3.8, 4) is 17.2 Å². The van der Waals surface area contributed by atoms with E-state index < -0.39 is 17.2 Å². The van der Waals surface area contributed by atoms with Gasteiger partial charge in [-0.05, 0) is 72.2 Å². The van der Waals surface area contributed by atoms with Crippen LogP contribution in [0, 0.1) is 34.7 Å². The fourth-order valence-corrected chi connectivity index (χ4v) is 4.52. The Morgan fingerprint density at radius 3 is 2.34 bits per heavy atom. The smallest absolute Gasteiger partial charge is 0.151 e. The van der Waals surface area contributed by atoms with Crippen LogP contribution in [0.25, 0.3) is 21.9 Å². The summed E-state index contributed by atoms with van der Waals surface area (Å²) in [6, 6.07) is 12.6. The molecule has 0 aromatic heterocycles. The van der Waals surface area contributed by atoms with Gasteiger partial charge >= 0.3 is 0 Å². The molecule has 1 nitrogen and oxygen atoms in total. The first-order valence-corrected chi connectivity index (χ1v) is 10.1. The standard InChI is InChI=1S/C25H22F3N/c1-2-15-3-5-16(6-4-15)17-7-9-20(23(26)12-17)18-8-10-21-19(11-18)13-24(27)22(14-29)25(21)28/h7-13,15-16H,2-6H2,1H3. The summed E-state index contributed by atoms with van der Waals surface area (Å²) in [5.74, 6) is -0.935. The zero-order chi connectivity index (χ0) is 20.5. The van der Waals surface area contributed by atoms with Crippen LogP contribution in [0.3, 0.4) is 0 Å². The van der Waals surface area contributed by atoms with Gasteiger partial charge in [0.25, 0.3) is 0 Å². The first-order chi connectivity index (χ1) is 14.0. The number of nitrogens with zero attached hydrogens (tertiary/aromatic N) is 1. The molecule has 4 rings (SSSR count). The van der Waals surface area contributed by atoms with Gasteiger partial charge in [0.1, 0.15) is 23.3 Å². The van der Waals surface area contributed by atoms with E-state index in [2.05, 4.69) is 6.92 Å². The summed E-state index contributed by atoms with van der Waals surface area (Å²) in [6.07, 6.45) is 5.77. The number of hydrogen-bond donors (Lipinski definition) is 0. The van der Waals surface area contributed by atoms with E-state index in [0.29, 0.717) is 22.4 Å². The van der Waals surface area contributed by atoms with Gasteiger partial charge < -0.3 is 0 Å². The van der Waals surface area contributed by atoms with Crippen LogP contribution in [0.5, 0.6) is 0 Å². The third-order valence-corrected chi connectivity index (χ3v) is 6.34. The fourth-order valence-electron chi connectivity index (χ4n) is 4.52. The largest absolute Gasteiger partial charge is 0.206 e. The summed E-state index contributed by atoms with van der Waals surface area (Å²) in [5.41, 5.74) is 1.39. The molecule has 1 aliphatic rings. The fraction of sp³-hybridized carbons (Fsp3) is 0.320. The van der Waals surface area contributed by atoms with Crippen LogP contribution in [0.2, 0.25) is 0 Å². The Bertz CT molecular complexity index is 1110. The van der Waals surface area contributed by atoms with Gasteiger partial charge in [0.15, 0.2) is 5.82 Å². The van der Waals surface area contributed by atoms with Gasteiger partial charge in [-0.1, -0.05) is 37.6 Å². The van der Waals surface area contributed by atoms with E-state index in [1.165, 1.54) is 25.3 Å².